The van der Waals surface area contributed by atoms with Gasteiger partial charge in [0.25, 0.3) is 0 Å². The fourth-order valence-corrected chi connectivity index (χ4v) is 2.94. The van der Waals surface area contributed by atoms with Crippen molar-refractivity contribution in [3.05, 3.63) is 48.0 Å². The normalized spacial score (nSPS) is 10.4. The molecule has 1 aromatic carbocycles. The molecule has 0 fully saturated rings. The molecular weight excluding hydrogens is 172 g/mol. The lowest BCUT2D eigenvalue weighted by molar-refractivity contribution is 1.31. The zero-order valence-electron chi connectivity index (χ0n) is 8.51. The average molecular weight is 189 g/mol. The van der Waals surface area contributed by atoms with Crippen molar-refractivity contribution in [3.8, 4) is 0 Å². The molecule has 0 bridgehead atoms. The molecule has 0 saturated carbocycles. The van der Waals surface area contributed by atoms with E-state index in [1.54, 1.807) is 0 Å². The van der Waals surface area contributed by atoms with Gasteiger partial charge in [0.1, 0.15) is 0 Å². The molecule has 0 aliphatic heterocycles. The summed E-state index contributed by atoms with van der Waals surface area (Å²) in [4.78, 5) is 0. The van der Waals surface area contributed by atoms with E-state index in [1.807, 2.05) is 6.08 Å². The van der Waals surface area contributed by atoms with E-state index in [-0.39, 0.29) is 8.80 Å². The van der Waals surface area contributed by atoms with Gasteiger partial charge in [0.2, 0.25) is 0 Å². The summed E-state index contributed by atoms with van der Waals surface area (Å²) in [5.74, 6) is 0. The Bertz CT molecular complexity index is 261. The molecule has 0 unspecified atom stereocenters. The Morgan fingerprint density at radius 1 is 1.31 bits per heavy atom. The van der Waals surface area contributed by atoms with E-state index >= 15 is 0 Å². The average Bonchev–Trinajstić information content (AvgIpc) is 2.09. The van der Waals surface area contributed by atoms with Gasteiger partial charge in [-0.3, -0.25) is 0 Å². The van der Waals surface area contributed by atoms with Crippen LogP contribution in [0.5, 0.6) is 0 Å². The van der Waals surface area contributed by atoms with Gasteiger partial charge in [-0.15, -0.1) is 6.58 Å². The van der Waals surface area contributed by atoms with Crippen LogP contribution in [0.2, 0.25) is 12.6 Å². The molecule has 0 saturated heterocycles. The van der Waals surface area contributed by atoms with Crippen LogP contribution in [0, 0.1) is 6.92 Å². The molecule has 0 N–H and O–H groups in total. The molecule has 0 nitrogen and oxygen atoms in total. The van der Waals surface area contributed by atoms with Gasteiger partial charge in [-0.1, -0.05) is 48.0 Å². The quantitative estimate of drug-likeness (QED) is 0.503. The number of hydrogen-bond acceptors (Lipinski definition) is 0. The standard InChI is InChI=1S/C12H17Si/c1-4-9-13(3)10-12-7-5-11(2)6-8-12/h4-8H,1,9-10H2,2-3H3. The lowest BCUT2D eigenvalue weighted by atomic mass is 10.2. The predicted octanol–water partition coefficient (Wildman–Crippen LogP) is 3.39. The highest BCUT2D eigenvalue weighted by molar-refractivity contribution is 6.57. The summed E-state index contributed by atoms with van der Waals surface area (Å²) in [5.41, 5.74) is 2.82. The molecule has 69 valence electrons. The van der Waals surface area contributed by atoms with E-state index in [9.17, 15) is 0 Å². The molecule has 1 aromatic rings. The number of benzene rings is 1. The van der Waals surface area contributed by atoms with Crippen LogP contribution in [0.25, 0.3) is 0 Å². The fourth-order valence-electron chi connectivity index (χ4n) is 1.37. The Hall–Kier alpha value is -0.823. The van der Waals surface area contributed by atoms with Gasteiger partial charge in [0, 0.05) is 0 Å². The van der Waals surface area contributed by atoms with Crippen molar-refractivity contribution in [1.82, 2.24) is 0 Å². The third kappa shape index (κ3) is 3.60. The molecule has 1 radical (unpaired) electrons. The first kappa shape index (κ1) is 10.3. The summed E-state index contributed by atoms with van der Waals surface area (Å²) in [6.07, 6.45) is 2.04. The van der Waals surface area contributed by atoms with Crippen molar-refractivity contribution in [2.45, 2.75) is 25.6 Å². The monoisotopic (exact) mass is 189 g/mol. The third-order valence-corrected chi connectivity index (χ3v) is 4.12. The maximum atomic E-state index is 3.78. The van der Waals surface area contributed by atoms with Crippen LogP contribution in [0.15, 0.2) is 36.9 Å². The second-order valence-corrected chi connectivity index (χ2v) is 6.29. The van der Waals surface area contributed by atoms with Crippen LogP contribution < -0.4 is 0 Å². The molecule has 0 aromatic heterocycles. The Kier molecular flexibility index (Phi) is 3.97. The maximum Gasteiger partial charge on any atom is 0.0532 e. The Morgan fingerprint density at radius 2 is 1.92 bits per heavy atom. The van der Waals surface area contributed by atoms with Crippen LogP contribution in [0.3, 0.4) is 0 Å². The highest BCUT2D eigenvalue weighted by atomic mass is 28.3. The second kappa shape index (κ2) is 5.03. The van der Waals surface area contributed by atoms with E-state index in [4.69, 9.17) is 0 Å². The van der Waals surface area contributed by atoms with Crippen LogP contribution in [0.4, 0.5) is 0 Å². The predicted molar refractivity (Wildman–Crippen MR) is 61.5 cm³/mol. The van der Waals surface area contributed by atoms with Crippen molar-refractivity contribution < 1.29 is 0 Å². The maximum absolute atomic E-state index is 3.78. The van der Waals surface area contributed by atoms with E-state index in [2.05, 4.69) is 44.3 Å². The molecule has 13 heavy (non-hydrogen) atoms. The minimum absolute atomic E-state index is 0.224. The SMILES string of the molecule is C=CC[Si](C)Cc1ccc(C)cc1. The topological polar surface area (TPSA) is 0 Å². The highest BCUT2D eigenvalue weighted by Gasteiger charge is 2.02. The summed E-state index contributed by atoms with van der Waals surface area (Å²) < 4.78 is 0. The summed E-state index contributed by atoms with van der Waals surface area (Å²) in [5, 5.41) is 0. The number of allylic oxidation sites excluding steroid dienone is 1. The summed E-state index contributed by atoms with van der Waals surface area (Å²) in [6, 6.07) is 11.3. The summed E-state index contributed by atoms with van der Waals surface area (Å²) in [6.45, 7) is 8.28. The largest absolute Gasteiger partial charge is 0.103 e. The minimum Gasteiger partial charge on any atom is -0.103 e. The molecule has 0 amide bonds. The second-order valence-electron chi connectivity index (χ2n) is 3.61. The van der Waals surface area contributed by atoms with Crippen molar-refractivity contribution in [2.75, 3.05) is 0 Å². The molecule has 0 heterocycles. The third-order valence-electron chi connectivity index (χ3n) is 2.12. The molecule has 1 heteroatoms. The van der Waals surface area contributed by atoms with Gasteiger partial charge in [-0.2, -0.15) is 0 Å². The van der Waals surface area contributed by atoms with Gasteiger partial charge >= 0.3 is 0 Å². The molecule has 0 aliphatic rings. The van der Waals surface area contributed by atoms with Gasteiger partial charge in [0.15, 0.2) is 0 Å². The van der Waals surface area contributed by atoms with Crippen LogP contribution in [-0.2, 0) is 6.04 Å². The van der Waals surface area contributed by atoms with Crippen LogP contribution in [0.1, 0.15) is 11.1 Å². The summed E-state index contributed by atoms with van der Waals surface area (Å²) in [7, 11) is -0.224. The van der Waals surface area contributed by atoms with E-state index in [0.29, 0.717) is 0 Å². The fraction of sp³-hybridized carbons (Fsp3) is 0.333. The molecule has 0 aliphatic carbocycles. The smallest absolute Gasteiger partial charge is 0.0532 e. The van der Waals surface area contributed by atoms with Crippen molar-refractivity contribution in [2.24, 2.45) is 0 Å². The van der Waals surface area contributed by atoms with E-state index in [0.717, 1.165) is 0 Å². The Labute approximate surface area is 82.9 Å². The van der Waals surface area contributed by atoms with Gasteiger partial charge in [-0.05, 0) is 19.0 Å². The number of aryl methyl sites for hydroxylation is 1. The Balaban J connectivity index is 2.53. The summed E-state index contributed by atoms with van der Waals surface area (Å²) >= 11 is 0. The highest BCUT2D eigenvalue weighted by Crippen LogP contribution is 2.07. The van der Waals surface area contributed by atoms with E-state index in [1.165, 1.54) is 23.2 Å². The first-order chi connectivity index (χ1) is 6.22. The zero-order valence-corrected chi connectivity index (χ0v) is 9.51. The molecule has 0 atom stereocenters. The minimum atomic E-state index is -0.224. The van der Waals surface area contributed by atoms with E-state index < -0.39 is 0 Å². The van der Waals surface area contributed by atoms with Gasteiger partial charge in [0.05, 0.1) is 8.80 Å². The van der Waals surface area contributed by atoms with Crippen LogP contribution >= 0.6 is 0 Å². The van der Waals surface area contributed by atoms with Crippen molar-refractivity contribution >= 4 is 8.80 Å². The first-order valence-corrected chi connectivity index (χ1v) is 7.11. The van der Waals surface area contributed by atoms with Gasteiger partial charge < -0.3 is 0 Å². The molecule has 1 rings (SSSR count). The molecular formula is C12H17Si. The number of hydrogen-bond donors (Lipinski definition) is 0. The van der Waals surface area contributed by atoms with Crippen LogP contribution in [-0.4, -0.2) is 8.80 Å². The van der Waals surface area contributed by atoms with Crippen molar-refractivity contribution in [1.29, 1.82) is 0 Å². The number of rotatable bonds is 4. The lowest BCUT2D eigenvalue weighted by Gasteiger charge is -2.06. The molecule has 0 spiro atoms. The zero-order chi connectivity index (χ0) is 9.68. The van der Waals surface area contributed by atoms with Crippen molar-refractivity contribution in [3.63, 3.8) is 0 Å². The van der Waals surface area contributed by atoms with Gasteiger partial charge in [-0.25, -0.2) is 0 Å². The lowest BCUT2D eigenvalue weighted by Crippen LogP contribution is -2.09. The Morgan fingerprint density at radius 3 is 2.46 bits per heavy atom. The first-order valence-electron chi connectivity index (χ1n) is 4.70.